The smallest absolute Gasteiger partial charge is 0.194 e. The normalized spacial score (nSPS) is 14.6. The minimum atomic E-state index is 0. The molecule has 0 radical (unpaired) electrons. The zero-order valence-electron chi connectivity index (χ0n) is 16.9. The van der Waals surface area contributed by atoms with Crippen molar-refractivity contribution in [3.05, 3.63) is 41.8 Å². The lowest BCUT2D eigenvalue weighted by Crippen LogP contribution is -2.52. The molecule has 8 heteroatoms. The van der Waals surface area contributed by atoms with Gasteiger partial charge in [-0.1, -0.05) is 24.2 Å². The minimum absolute atomic E-state index is 0. The van der Waals surface area contributed by atoms with Crippen molar-refractivity contribution in [3.8, 4) is 5.75 Å². The Labute approximate surface area is 184 Å². The van der Waals surface area contributed by atoms with Gasteiger partial charge in [0, 0.05) is 38.8 Å². The first-order valence-corrected chi connectivity index (χ1v) is 9.60. The number of methoxy groups -OCH3 is 1. The summed E-state index contributed by atoms with van der Waals surface area (Å²) in [7, 11) is 1.72. The van der Waals surface area contributed by atoms with Gasteiger partial charge in [0.1, 0.15) is 12.3 Å². The number of rotatable bonds is 6. The van der Waals surface area contributed by atoms with E-state index in [1.165, 1.54) is 0 Å². The standard InChI is InChI=1S/C20H29N5O2.HI/c1-4-16-14-17(27-23-16)15-22-20(21-5-2)25-12-10-24(11-13-25)18-8-6-7-9-19(18)26-3;/h6-9,14H,4-5,10-13,15H2,1-3H3,(H,21,22);1H. The SMILES string of the molecule is CCNC(=NCc1cc(CC)no1)N1CCN(c2ccccc2OC)CC1.I. The van der Waals surface area contributed by atoms with Crippen LogP contribution in [-0.4, -0.2) is 55.8 Å². The van der Waals surface area contributed by atoms with E-state index in [4.69, 9.17) is 14.3 Å². The lowest BCUT2D eigenvalue weighted by atomic mass is 10.2. The van der Waals surface area contributed by atoms with E-state index in [-0.39, 0.29) is 24.0 Å². The van der Waals surface area contributed by atoms with E-state index in [9.17, 15) is 0 Å². The highest BCUT2D eigenvalue weighted by Gasteiger charge is 2.21. The second-order valence-electron chi connectivity index (χ2n) is 6.45. The third kappa shape index (κ3) is 5.52. The maximum atomic E-state index is 5.50. The fourth-order valence-corrected chi connectivity index (χ4v) is 3.23. The molecule has 0 saturated carbocycles. The fourth-order valence-electron chi connectivity index (χ4n) is 3.23. The Hall–Kier alpha value is -1.97. The van der Waals surface area contributed by atoms with Crippen molar-refractivity contribution in [2.75, 3.05) is 44.7 Å². The topological polar surface area (TPSA) is 66.1 Å². The van der Waals surface area contributed by atoms with E-state index in [1.54, 1.807) is 7.11 Å². The number of aromatic nitrogens is 1. The largest absolute Gasteiger partial charge is 0.495 e. The van der Waals surface area contributed by atoms with Gasteiger partial charge in [-0.3, -0.25) is 0 Å². The summed E-state index contributed by atoms with van der Waals surface area (Å²) in [5.74, 6) is 2.64. The maximum absolute atomic E-state index is 5.50. The van der Waals surface area contributed by atoms with Gasteiger partial charge >= 0.3 is 0 Å². The molecule has 28 heavy (non-hydrogen) atoms. The molecule has 1 aromatic carbocycles. The Morgan fingerprint density at radius 1 is 1.21 bits per heavy atom. The minimum Gasteiger partial charge on any atom is -0.495 e. The lowest BCUT2D eigenvalue weighted by Gasteiger charge is -2.38. The number of halogens is 1. The van der Waals surface area contributed by atoms with Crippen molar-refractivity contribution >= 4 is 35.6 Å². The molecule has 0 atom stereocenters. The number of guanidine groups is 1. The van der Waals surface area contributed by atoms with Crippen molar-refractivity contribution in [1.29, 1.82) is 0 Å². The Morgan fingerprint density at radius 2 is 1.96 bits per heavy atom. The van der Waals surface area contributed by atoms with Crippen LogP contribution in [0.1, 0.15) is 25.3 Å². The molecule has 154 valence electrons. The quantitative estimate of drug-likeness (QED) is 0.375. The molecule has 1 aliphatic heterocycles. The number of hydrogen-bond donors (Lipinski definition) is 1. The third-order valence-corrected chi connectivity index (χ3v) is 4.69. The van der Waals surface area contributed by atoms with Crippen molar-refractivity contribution in [3.63, 3.8) is 0 Å². The van der Waals surface area contributed by atoms with E-state index < -0.39 is 0 Å². The fraction of sp³-hybridized carbons (Fsp3) is 0.500. The van der Waals surface area contributed by atoms with Crippen LogP contribution in [0.2, 0.25) is 0 Å². The van der Waals surface area contributed by atoms with Crippen molar-refractivity contribution in [2.45, 2.75) is 26.8 Å². The van der Waals surface area contributed by atoms with E-state index in [0.717, 1.165) is 68.0 Å². The molecular weight excluding hydrogens is 469 g/mol. The number of nitrogens with one attached hydrogen (secondary N) is 1. The van der Waals surface area contributed by atoms with Crippen LogP contribution in [0.3, 0.4) is 0 Å². The molecule has 1 saturated heterocycles. The van der Waals surface area contributed by atoms with Crippen molar-refractivity contribution in [2.24, 2.45) is 4.99 Å². The Balaban J connectivity index is 0.00000280. The number of benzene rings is 1. The third-order valence-electron chi connectivity index (χ3n) is 4.69. The molecule has 2 heterocycles. The average Bonchev–Trinajstić information content (AvgIpc) is 3.19. The summed E-state index contributed by atoms with van der Waals surface area (Å²) in [6.07, 6.45) is 0.873. The maximum Gasteiger partial charge on any atom is 0.194 e. The van der Waals surface area contributed by atoms with Crippen LogP contribution in [0, 0.1) is 0 Å². The highest BCUT2D eigenvalue weighted by Crippen LogP contribution is 2.28. The van der Waals surface area contributed by atoms with Gasteiger partial charge in [0.2, 0.25) is 0 Å². The summed E-state index contributed by atoms with van der Waals surface area (Å²) in [6.45, 7) is 9.14. The Kier molecular flexibility index (Phi) is 8.88. The van der Waals surface area contributed by atoms with Gasteiger partial charge in [0.25, 0.3) is 0 Å². The zero-order chi connectivity index (χ0) is 19.1. The van der Waals surface area contributed by atoms with Gasteiger partial charge in [0.15, 0.2) is 11.7 Å². The van der Waals surface area contributed by atoms with Crippen LogP contribution in [0.15, 0.2) is 39.8 Å². The average molecular weight is 499 g/mol. The summed E-state index contributed by atoms with van der Waals surface area (Å²) in [4.78, 5) is 9.40. The number of nitrogens with zero attached hydrogens (tertiary/aromatic N) is 4. The molecule has 0 aliphatic carbocycles. The monoisotopic (exact) mass is 499 g/mol. The predicted molar refractivity (Wildman–Crippen MR) is 123 cm³/mol. The first-order valence-electron chi connectivity index (χ1n) is 9.60. The zero-order valence-corrected chi connectivity index (χ0v) is 19.2. The number of piperazine rings is 1. The lowest BCUT2D eigenvalue weighted by molar-refractivity contribution is 0.361. The van der Waals surface area contributed by atoms with E-state index >= 15 is 0 Å². The molecule has 2 aromatic rings. The number of anilines is 1. The molecule has 7 nitrogen and oxygen atoms in total. The molecular formula is C20H30IN5O2. The van der Waals surface area contributed by atoms with Crippen LogP contribution in [0.25, 0.3) is 0 Å². The van der Waals surface area contributed by atoms with E-state index in [0.29, 0.717) is 6.54 Å². The van der Waals surface area contributed by atoms with E-state index in [2.05, 4.69) is 46.3 Å². The number of hydrogen-bond acceptors (Lipinski definition) is 5. The predicted octanol–water partition coefficient (Wildman–Crippen LogP) is 3.15. The van der Waals surface area contributed by atoms with Gasteiger partial charge in [-0.2, -0.15) is 0 Å². The van der Waals surface area contributed by atoms with E-state index in [1.807, 2.05) is 18.2 Å². The molecule has 1 aliphatic rings. The molecule has 0 bridgehead atoms. The number of ether oxygens (including phenoxy) is 1. The van der Waals surface area contributed by atoms with Crippen LogP contribution in [0.4, 0.5) is 5.69 Å². The second kappa shape index (κ2) is 11.1. The van der Waals surface area contributed by atoms with Crippen molar-refractivity contribution in [1.82, 2.24) is 15.4 Å². The Morgan fingerprint density at radius 3 is 2.61 bits per heavy atom. The molecule has 1 fully saturated rings. The molecule has 0 unspecified atom stereocenters. The molecule has 0 amide bonds. The van der Waals surface area contributed by atoms with Gasteiger partial charge in [-0.15, -0.1) is 24.0 Å². The number of para-hydroxylation sites is 2. The first kappa shape index (κ1) is 22.3. The van der Waals surface area contributed by atoms with Gasteiger partial charge < -0.3 is 24.4 Å². The van der Waals surface area contributed by atoms with Gasteiger partial charge in [-0.05, 0) is 25.5 Å². The van der Waals surface area contributed by atoms with Crippen LogP contribution in [-0.2, 0) is 13.0 Å². The van der Waals surface area contributed by atoms with Crippen LogP contribution >= 0.6 is 24.0 Å². The highest BCUT2D eigenvalue weighted by molar-refractivity contribution is 14.0. The summed E-state index contributed by atoms with van der Waals surface area (Å²) in [5.41, 5.74) is 2.12. The van der Waals surface area contributed by atoms with Gasteiger partial charge in [0.05, 0.1) is 18.5 Å². The Bertz CT molecular complexity index is 757. The number of aliphatic imine (C=N–C) groups is 1. The molecule has 0 spiro atoms. The van der Waals surface area contributed by atoms with Crippen molar-refractivity contribution < 1.29 is 9.26 Å². The van der Waals surface area contributed by atoms with Crippen LogP contribution < -0.4 is 15.0 Å². The summed E-state index contributed by atoms with van der Waals surface area (Å²) >= 11 is 0. The highest BCUT2D eigenvalue weighted by atomic mass is 127. The molecule has 1 N–H and O–H groups in total. The summed E-state index contributed by atoms with van der Waals surface area (Å²) in [5, 5.41) is 7.43. The molecule has 3 rings (SSSR count). The molecule has 1 aromatic heterocycles. The summed E-state index contributed by atoms with van der Waals surface area (Å²) < 4.78 is 10.8. The van der Waals surface area contributed by atoms with Crippen LogP contribution in [0.5, 0.6) is 5.75 Å². The summed E-state index contributed by atoms with van der Waals surface area (Å²) in [6, 6.07) is 10.2. The van der Waals surface area contributed by atoms with Gasteiger partial charge in [-0.25, -0.2) is 4.99 Å². The first-order chi connectivity index (χ1) is 13.2. The second-order valence-corrected chi connectivity index (χ2v) is 6.45. The number of aryl methyl sites for hydroxylation is 1.